The van der Waals surface area contributed by atoms with Gasteiger partial charge >= 0.3 is 0 Å². The molecule has 3 aliphatic heterocycles. The van der Waals surface area contributed by atoms with E-state index < -0.39 is 18.4 Å². The Morgan fingerprint density at radius 1 is 0.947 bits per heavy atom. The summed E-state index contributed by atoms with van der Waals surface area (Å²) in [6, 6.07) is 0. The van der Waals surface area contributed by atoms with Crippen LogP contribution in [0.3, 0.4) is 0 Å². The lowest BCUT2D eigenvalue weighted by molar-refractivity contribution is 0.412. The van der Waals surface area contributed by atoms with Crippen molar-refractivity contribution in [2.45, 2.75) is 13.1 Å². The van der Waals surface area contributed by atoms with Crippen molar-refractivity contribution in [3.63, 3.8) is 0 Å². The summed E-state index contributed by atoms with van der Waals surface area (Å²) < 4.78 is 5.10. The van der Waals surface area contributed by atoms with Gasteiger partial charge < -0.3 is 14.4 Å². The second-order valence-electron chi connectivity index (χ2n) is 6.60. The lowest BCUT2D eigenvalue weighted by Crippen LogP contribution is -2.49. The zero-order valence-electron chi connectivity index (χ0n) is 12.7. The molecule has 6 heteroatoms. The highest BCUT2D eigenvalue weighted by molar-refractivity contribution is 8.31. The fraction of sp³-hybridized carbons (Fsp3) is 0.538. The highest BCUT2D eigenvalue weighted by atomic mass is 32.3. The number of hydrogen-bond acceptors (Lipinski definition) is 4. The highest BCUT2D eigenvalue weighted by Crippen LogP contribution is 2.55. The van der Waals surface area contributed by atoms with Crippen LogP contribution in [0.25, 0.3) is 0 Å². The largest absolute Gasteiger partial charge is 0.357 e. The van der Waals surface area contributed by atoms with E-state index in [9.17, 15) is 0 Å². The third-order valence-electron chi connectivity index (χ3n) is 4.06. The summed E-state index contributed by atoms with van der Waals surface area (Å²) in [5.41, 5.74) is 0. The molecule has 0 saturated heterocycles. The van der Waals surface area contributed by atoms with Gasteiger partial charge in [-0.15, -0.1) is 0 Å². The van der Waals surface area contributed by atoms with Gasteiger partial charge in [0, 0.05) is 44.3 Å². The summed E-state index contributed by atoms with van der Waals surface area (Å²) in [6.07, 6.45) is 13.8. The van der Waals surface area contributed by atoms with E-state index in [1.165, 1.54) is 17.0 Å². The first kappa shape index (κ1) is 13.0. The average molecular weight is 297 g/mol. The molecule has 0 atom stereocenters. The van der Waals surface area contributed by atoms with Crippen LogP contribution in [0, 0.1) is 0 Å². The van der Waals surface area contributed by atoms with Crippen LogP contribution in [0.2, 0.25) is 13.1 Å². The zero-order valence-corrected chi connectivity index (χ0v) is 14.5. The van der Waals surface area contributed by atoms with Crippen LogP contribution in [0.4, 0.5) is 0 Å². The van der Waals surface area contributed by atoms with Crippen LogP contribution < -0.4 is 0 Å². The molecule has 0 aromatic carbocycles. The fourth-order valence-electron chi connectivity index (χ4n) is 3.35. The summed E-state index contributed by atoms with van der Waals surface area (Å²) in [5, 5.41) is 1.32. The Hall–Kier alpha value is -1.01. The number of fused-ring (bicyclic) bond motifs is 2. The van der Waals surface area contributed by atoms with Crippen LogP contribution >= 0.6 is 10.2 Å². The molecule has 0 radical (unpaired) electrons. The molecule has 0 N–H and O–H groups in total. The maximum absolute atomic E-state index is 2.57. The van der Waals surface area contributed by atoms with Crippen molar-refractivity contribution in [1.29, 1.82) is 0 Å². The van der Waals surface area contributed by atoms with Gasteiger partial charge in [0.1, 0.15) is 5.82 Å². The van der Waals surface area contributed by atoms with Gasteiger partial charge in [-0.1, -0.05) is 13.1 Å². The molecule has 3 rings (SSSR count). The summed E-state index contributed by atoms with van der Waals surface area (Å²) in [7, 11) is 2.05. The van der Waals surface area contributed by atoms with Crippen LogP contribution in [-0.4, -0.2) is 58.9 Å². The van der Waals surface area contributed by atoms with Crippen molar-refractivity contribution < 1.29 is 0 Å². The molecule has 0 spiro atoms. The fourth-order valence-corrected chi connectivity index (χ4v) is 13.7. The number of nitrogens with zero attached hydrogens (tertiary/aromatic N) is 4. The second-order valence-corrected chi connectivity index (χ2v) is 15.2. The van der Waals surface area contributed by atoms with E-state index in [0.29, 0.717) is 0 Å². The van der Waals surface area contributed by atoms with E-state index >= 15 is 0 Å². The third kappa shape index (κ3) is 1.73. The molecular weight excluding hydrogens is 272 g/mol. The molecule has 0 aromatic heterocycles. The van der Waals surface area contributed by atoms with Crippen molar-refractivity contribution in [3.05, 3.63) is 36.4 Å². The SMILES string of the molecule is CN1C=CN2C1=C1N(C)C=CN1S(C)(C)C[Si]2(C)C. The third-order valence-corrected chi connectivity index (χ3v) is 12.7. The van der Waals surface area contributed by atoms with Gasteiger partial charge in [0.25, 0.3) is 0 Å². The van der Waals surface area contributed by atoms with Gasteiger partial charge in [0.15, 0.2) is 14.1 Å². The normalized spacial score (nSPS) is 28.7. The molecule has 3 aliphatic rings. The van der Waals surface area contributed by atoms with Crippen molar-refractivity contribution in [1.82, 2.24) is 18.7 Å². The Labute approximate surface area is 119 Å². The minimum atomic E-state index is -1.46. The molecule has 0 aromatic rings. The summed E-state index contributed by atoms with van der Waals surface area (Å²) in [4.78, 5) is 4.53. The predicted octanol–water partition coefficient (Wildman–Crippen LogP) is 2.29. The summed E-state index contributed by atoms with van der Waals surface area (Å²) in [6.45, 7) is 4.97. The molecule has 3 heterocycles. The molecule has 19 heavy (non-hydrogen) atoms. The van der Waals surface area contributed by atoms with Crippen molar-refractivity contribution in [2.24, 2.45) is 0 Å². The molecule has 0 unspecified atom stereocenters. The molecule has 0 aliphatic carbocycles. The monoisotopic (exact) mass is 296 g/mol. The molecule has 0 fully saturated rings. The topological polar surface area (TPSA) is 13.0 Å². The van der Waals surface area contributed by atoms with Crippen LogP contribution in [0.15, 0.2) is 36.4 Å². The summed E-state index contributed by atoms with van der Waals surface area (Å²) >= 11 is 0. The first-order valence-corrected chi connectivity index (χ1v) is 12.3. The Kier molecular flexibility index (Phi) is 2.57. The smallest absolute Gasteiger partial charge is 0.167 e. The maximum Gasteiger partial charge on any atom is 0.167 e. The van der Waals surface area contributed by atoms with Crippen molar-refractivity contribution in [3.8, 4) is 0 Å². The summed E-state index contributed by atoms with van der Waals surface area (Å²) in [5.74, 6) is 2.69. The van der Waals surface area contributed by atoms with Gasteiger partial charge in [-0.05, 0) is 12.5 Å². The Balaban J connectivity index is 2.21. The number of rotatable bonds is 0. The lowest BCUT2D eigenvalue weighted by Gasteiger charge is -2.43. The van der Waals surface area contributed by atoms with E-state index in [2.05, 4.69) is 83.2 Å². The van der Waals surface area contributed by atoms with Crippen LogP contribution in [-0.2, 0) is 0 Å². The van der Waals surface area contributed by atoms with Crippen molar-refractivity contribution in [2.75, 3.05) is 32.0 Å². The first-order valence-electron chi connectivity index (χ1n) is 6.60. The van der Waals surface area contributed by atoms with Gasteiger partial charge in [0.2, 0.25) is 0 Å². The minimum Gasteiger partial charge on any atom is -0.357 e. The van der Waals surface area contributed by atoms with E-state index in [4.69, 9.17) is 0 Å². The van der Waals surface area contributed by atoms with Crippen molar-refractivity contribution >= 4 is 18.4 Å². The second kappa shape index (κ2) is 3.76. The maximum atomic E-state index is 2.57. The Morgan fingerprint density at radius 3 is 2.21 bits per heavy atom. The minimum absolute atomic E-state index is 0.796. The van der Waals surface area contributed by atoms with E-state index in [1.807, 2.05) is 0 Å². The molecule has 0 bridgehead atoms. The molecule has 0 amide bonds. The van der Waals surface area contributed by atoms with E-state index in [-0.39, 0.29) is 0 Å². The standard InChI is InChI=1S/C13H24N4SSi/c1-14-7-9-16-12(14)13-15(2)8-10-17(13)19(5,6)11-18(16,3)4/h7-10H,11H2,1-6H3. The van der Waals surface area contributed by atoms with Gasteiger partial charge in [-0.2, -0.15) is 10.2 Å². The number of hydrogen-bond donors (Lipinski definition) is 0. The zero-order chi connectivity index (χ0) is 14.0. The van der Waals surface area contributed by atoms with Gasteiger partial charge in [-0.3, -0.25) is 4.31 Å². The highest BCUT2D eigenvalue weighted by Gasteiger charge is 2.46. The molecule has 106 valence electrons. The van der Waals surface area contributed by atoms with Crippen LogP contribution in [0.1, 0.15) is 0 Å². The van der Waals surface area contributed by atoms with Gasteiger partial charge in [0.05, 0.1) is 0 Å². The average Bonchev–Trinajstić information content (AvgIpc) is 2.78. The van der Waals surface area contributed by atoms with E-state index in [0.717, 1.165) is 0 Å². The van der Waals surface area contributed by atoms with Gasteiger partial charge in [-0.25, -0.2) is 0 Å². The quantitative estimate of drug-likeness (QED) is 0.636. The predicted molar refractivity (Wildman–Crippen MR) is 86.3 cm³/mol. The first-order chi connectivity index (χ1) is 8.74. The van der Waals surface area contributed by atoms with E-state index in [1.54, 1.807) is 0 Å². The molecule has 0 saturated carbocycles. The Morgan fingerprint density at radius 2 is 1.53 bits per heavy atom. The Bertz CT molecular complexity index is 465. The molecule has 4 nitrogen and oxygen atoms in total. The lowest BCUT2D eigenvalue weighted by atomic mass is 10.5. The van der Waals surface area contributed by atoms with Crippen LogP contribution in [0.5, 0.6) is 0 Å². The molecular formula is C13H24N4SSi.